The maximum atomic E-state index is 12.3. The summed E-state index contributed by atoms with van der Waals surface area (Å²) in [7, 11) is 0. The molecule has 2 aliphatic rings. The second kappa shape index (κ2) is 6.19. The molecule has 3 N–H and O–H groups in total. The van der Waals surface area contributed by atoms with E-state index in [-0.39, 0.29) is 12.0 Å². The number of carbonyl (C=O) groups excluding carboxylic acids is 1. The van der Waals surface area contributed by atoms with Crippen molar-refractivity contribution in [3.63, 3.8) is 0 Å². The van der Waals surface area contributed by atoms with E-state index in [1.807, 2.05) is 0 Å². The summed E-state index contributed by atoms with van der Waals surface area (Å²) >= 11 is 1.39. The van der Waals surface area contributed by atoms with Gasteiger partial charge in [-0.05, 0) is 26.2 Å². The van der Waals surface area contributed by atoms with Gasteiger partial charge in [0.15, 0.2) is 5.13 Å². The third-order valence-corrected chi connectivity index (χ3v) is 5.41. The van der Waals surface area contributed by atoms with E-state index in [1.54, 1.807) is 0 Å². The summed E-state index contributed by atoms with van der Waals surface area (Å²) in [4.78, 5) is 19.4. The van der Waals surface area contributed by atoms with Gasteiger partial charge in [-0.25, -0.2) is 4.98 Å². The second-order valence-electron chi connectivity index (χ2n) is 5.74. The first kappa shape index (κ1) is 14.6. The molecule has 2 atom stereocenters. The highest BCUT2D eigenvalue weighted by atomic mass is 32.1. The molecule has 116 valence electrons. The summed E-state index contributed by atoms with van der Waals surface area (Å²) in [6.07, 6.45) is 3.57. The number of nitrogens with one attached hydrogen (secondary N) is 1. The van der Waals surface area contributed by atoms with Crippen molar-refractivity contribution in [3.8, 4) is 0 Å². The number of carbonyl (C=O) groups is 1. The Morgan fingerprint density at radius 3 is 2.95 bits per heavy atom. The lowest BCUT2D eigenvalue weighted by molar-refractivity contribution is 0.0911. The number of hydrogen-bond donors (Lipinski definition) is 2. The van der Waals surface area contributed by atoms with E-state index in [2.05, 4.69) is 22.1 Å². The van der Waals surface area contributed by atoms with Crippen LogP contribution in [0.5, 0.6) is 0 Å². The molecule has 0 spiro atoms. The van der Waals surface area contributed by atoms with Crippen LogP contribution in [0.1, 0.15) is 35.9 Å². The van der Waals surface area contributed by atoms with Gasteiger partial charge in [-0.2, -0.15) is 0 Å². The van der Waals surface area contributed by atoms with Gasteiger partial charge in [-0.15, -0.1) is 0 Å². The van der Waals surface area contributed by atoms with Gasteiger partial charge in [0, 0.05) is 32.2 Å². The van der Waals surface area contributed by atoms with Gasteiger partial charge in [0.1, 0.15) is 10.7 Å². The Morgan fingerprint density at radius 2 is 2.29 bits per heavy atom. The lowest BCUT2D eigenvalue weighted by Crippen LogP contribution is -2.31. The van der Waals surface area contributed by atoms with E-state index in [0.717, 1.165) is 31.2 Å². The summed E-state index contributed by atoms with van der Waals surface area (Å²) in [5.41, 5.74) is 5.91. The standard InChI is InChI=1S/C14H22N4O2S/c1-9-10(4-7-20-9)8-16-13(19)11-12(15)17-14(21-11)18-5-2-3-6-18/h9-10H,2-8,15H2,1H3,(H,16,19). The van der Waals surface area contributed by atoms with Crippen molar-refractivity contribution >= 4 is 28.2 Å². The molecule has 1 amide bonds. The fourth-order valence-corrected chi connectivity index (χ4v) is 3.83. The number of rotatable bonds is 4. The Balaban J connectivity index is 1.61. The van der Waals surface area contributed by atoms with Crippen LogP contribution in [0.3, 0.4) is 0 Å². The van der Waals surface area contributed by atoms with Crippen molar-refractivity contribution in [2.45, 2.75) is 32.3 Å². The van der Waals surface area contributed by atoms with Gasteiger partial charge >= 0.3 is 0 Å². The van der Waals surface area contributed by atoms with Crippen molar-refractivity contribution in [3.05, 3.63) is 4.88 Å². The quantitative estimate of drug-likeness (QED) is 0.880. The number of thiazole rings is 1. The van der Waals surface area contributed by atoms with E-state index >= 15 is 0 Å². The van der Waals surface area contributed by atoms with E-state index in [4.69, 9.17) is 10.5 Å². The first-order valence-electron chi connectivity index (χ1n) is 7.56. The normalized spacial score (nSPS) is 25.5. The number of hydrogen-bond acceptors (Lipinski definition) is 6. The van der Waals surface area contributed by atoms with Gasteiger partial charge in [0.05, 0.1) is 6.10 Å². The molecule has 1 aromatic rings. The van der Waals surface area contributed by atoms with Crippen molar-refractivity contribution in [2.75, 3.05) is 36.9 Å². The number of nitrogens with two attached hydrogens (primary N) is 1. The first-order chi connectivity index (χ1) is 10.1. The Hall–Kier alpha value is -1.34. The van der Waals surface area contributed by atoms with Crippen molar-refractivity contribution in [2.24, 2.45) is 5.92 Å². The Kier molecular flexibility index (Phi) is 4.30. The van der Waals surface area contributed by atoms with Crippen LogP contribution in [0.4, 0.5) is 10.9 Å². The fraction of sp³-hybridized carbons (Fsp3) is 0.714. The number of ether oxygens (including phenoxy) is 1. The summed E-state index contributed by atoms with van der Waals surface area (Å²) < 4.78 is 5.51. The van der Waals surface area contributed by atoms with Crippen LogP contribution in [-0.2, 0) is 4.74 Å². The molecular weight excluding hydrogens is 288 g/mol. The van der Waals surface area contributed by atoms with Gasteiger partial charge < -0.3 is 20.7 Å². The lowest BCUT2D eigenvalue weighted by atomic mass is 10.0. The zero-order chi connectivity index (χ0) is 14.8. The third kappa shape index (κ3) is 3.13. The number of anilines is 2. The average molecular weight is 310 g/mol. The molecule has 3 heterocycles. The van der Waals surface area contributed by atoms with Crippen LogP contribution in [0.2, 0.25) is 0 Å². The van der Waals surface area contributed by atoms with E-state index < -0.39 is 0 Å². The lowest BCUT2D eigenvalue weighted by Gasteiger charge is -2.14. The fourth-order valence-electron chi connectivity index (χ4n) is 2.87. The monoisotopic (exact) mass is 310 g/mol. The molecule has 3 rings (SSSR count). The zero-order valence-corrected chi connectivity index (χ0v) is 13.1. The average Bonchev–Trinajstić information content (AvgIpc) is 3.16. The summed E-state index contributed by atoms with van der Waals surface area (Å²) in [5, 5.41) is 3.84. The van der Waals surface area contributed by atoms with E-state index in [1.165, 1.54) is 24.2 Å². The molecule has 21 heavy (non-hydrogen) atoms. The number of aromatic nitrogens is 1. The Labute approximate surface area is 128 Å². The Morgan fingerprint density at radius 1 is 1.52 bits per heavy atom. The van der Waals surface area contributed by atoms with E-state index in [9.17, 15) is 4.79 Å². The van der Waals surface area contributed by atoms with Gasteiger partial charge in [-0.1, -0.05) is 11.3 Å². The maximum absolute atomic E-state index is 12.3. The summed E-state index contributed by atoms with van der Waals surface area (Å²) in [5.74, 6) is 0.616. The molecule has 0 aliphatic carbocycles. The molecule has 2 unspecified atom stereocenters. The molecule has 0 bridgehead atoms. The minimum atomic E-state index is -0.116. The molecule has 0 aromatic carbocycles. The van der Waals surface area contributed by atoms with Crippen LogP contribution in [0.15, 0.2) is 0 Å². The molecule has 0 saturated carbocycles. The Bertz CT molecular complexity index is 513. The minimum Gasteiger partial charge on any atom is -0.382 e. The smallest absolute Gasteiger partial charge is 0.265 e. The predicted molar refractivity (Wildman–Crippen MR) is 83.8 cm³/mol. The van der Waals surface area contributed by atoms with Crippen LogP contribution in [0.25, 0.3) is 0 Å². The van der Waals surface area contributed by atoms with Crippen molar-refractivity contribution < 1.29 is 9.53 Å². The summed E-state index contributed by atoms with van der Waals surface area (Å²) in [6.45, 7) is 5.48. The SMILES string of the molecule is CC1OCCC1CNC(=O)c1sc(N2CCCC2)nc1N. The third-order valence-electron chi connectivity index (χ3n) is 4.28. The topological polar surface area (TPSA) is 80.5 Å². The molecule has 1 aromatic heterocycles. The second-order valence-corrected chi connectivity index (χ2v) is 6.72. The van der Waals surface area contributed by atoms with Crippen LogP contribution in [0, 0.1) is 5.92 Å². The van der Waals surface area contributed by atoms with Gasteiger partial charge in [0.2, 0.25) is 0 Å². The highest BCUT2D eigenvalue weighted by Crippen LogP contribution is 2.30. The van der Waals surface area contributed by atoms with Crippen LogP contribution in [-0.4, -0.2) is 43.2 Å². The largest absolute Gasteiger partial charge is 0.382 e. The highest BCUT2D eigenvalue weighted by molar-refractivity contribution is 7.18. The van der Waals surface area contributed by atoms with Crippen molar-refractivity contribution in [1.82, 2.24) is 10.3 Å². The van der Waals surface area contributed by atoms with Crippen molar-refractivity contribution in [1.29, 1.82) is 0 Å². The number of nitrogens with zero attached hydrogens (tertiary/aromatic N) is 2. The molecule has 6 nitrogen and oxygen atoms in total. The molecule has 2 saturated heterocycles. The van der Waals surface area contributed by atoms with Gasteiger partial charge in [0.25, 0.3) is 5.91 Å². The zero-order valence-electron chi connectivity index (χ0n) is 12.3. The molecule has 2 fully saturated rings. The predicted octanol–water partition coefficient (Wildman–Crippen LogP) is 1.48. The number of amides is 1. The highest BCUT2D eigenvalue weighted by Gasteiger charge is 2.26. The van der Waals surface area contributed by atoms with E-state index in [0.29, 0.717) is 23.2 Å². The molecule has 2 aliphatic heterocycles. The van der Waals surface area contributed by atoms with Crippen LogP contribution >= 0.6 is 11.3 Å². The molecule has 7 heteroatoms. The van der Waals surface area contributed by atoms with Gasteiger partial charge in [-0.3, -0.25) is 4.79 Å². The number of nitrogen functional groups attached to an aromatic ring is 1. The first-order valence-corrected chi connectivity index (χ1v) is 8.38. The van der Waals surface area contributed by atoms with Crippen LogP contribution < -0.4 is 16.0 Å². The summed E-state index contributed by atoms with van der Waals surface area (Å²) in [6, 6.07) is 0. The maximum Gasteiger partial charge on any atom is 0.265 e. The minimum absolute atomic E-state index is 0.116. The molecule has 0 radical (unpaired) electrons. The molecular formula is C14H22N4O2S.